The maximum absolute atomic E-state index is 6.62. The molecule has 4 nitrogen and oxygen atoms in total. The fourth-order valence-electron chi connectivity index (χ4n) is 3.38. The monoisotopic (exact) mass is 296 g/mol. The van der Waals surface area contributed by atoms with Crippen molar-refractivity contribution in [1.29, 1.82) is 0 Å². The van der Waals surface area contributed by atoms with Gasteiger partial charge in [-0.2, -0.15) is 0 Å². The Balaban J connectivity index is 2.40. The van der Waals surface area contributed by atoms with E-state index < -0.39 is 0 Å². The first-order valence-corrected chi connectivity index (χ1v) is 7.69. The number of rotatable bonds is 3. The lowest BCUT2D eigenvalue weighted by molar-refractivity contribution is 0.0970. The van der Waals surface area contributed by atoms with E-state index in [0.717, 1.165) is 18.4 Å². The van der Waals surface area contributed by atoms with E-state index in [1.54, 1.807) is 6.20 Å². The van der Waals surface area contributed by atoms with Gasteiger partial charge in [-0.05, 0) is 33.0 Å². The van der Waals surface area contributed by atoms with Gasteiger partial charge in [0, 0.05) is 17.3 Å². The average molecular weight is 297 g/mol. The van der Waals surface area contributed by atoms with Gasteiger partial charge in [0.1, 0.15) is 5.82 Å². The second kappa shape index (κ2) is 6.29. The zero-order valence-electron chi connectivity index (χ0n) is 12.4. The number of likely N-dealkylation sites (N-methyl/N-ethyl adjacent to an activating group) is 1. The van der Waals surface area contributed by atoms with Crippen molar-refractivity contribution in [3.8, 4) is 0 Å². The minimum Gasteiger partial charge on any atom is -0.383 e. The molecule has 1 saturated carbocycles. The van der Waals surface area contributed by atoms with E-state index in [1.807, 2.05) is 6.07 Å². The molecule has 0 radical (unpaired) electrons. The molecule has 0 bridgehead atoms. The van der Waals surface area contributed by atoms with Crippen LogP contribution in [0.5, 0.6) is 0 Å². The summed E-state index contributed by atoms with van der Waals surface area (Å²) in [6, 6.07) is 1.70. The number of nitrogen functional groups attached to an aromatic ring is 1. The maximum Gasteiger partial charge on any atom is 0.128 e. The minimum atomic E-state index is -0.165. The topological polar surface area (TPSA) is 68.2 Å². The van der Waals surface area contributed by atoms with Gasteiger partial charge in [0.25, 0.3) is 0 Å². The molecule has 1 aliphatic rings. The maximum atomic E-state index is 6.62. The highest BCUT2D eigenvalue weighted by atomic mass is 35.5. The first-order chi connectivity index (χ1) is 9.47. The molecule has 0 spiro atoms. The first kappa shape index (κ1) is 15.5. The molecule has 4 N–H and O–H groups in total. The Labute approximate surface area is 126 Å². The molecule has 1 heterocycles. The second-order valence-corrected chi connectivity index (χ2v) is 6.45. The van der Waals surface area contributed by atoms with Crippen molar-refractivity contribution in [2.45, 2.75) is 50.1 Å². The van der Waals surface area contributed by atoms with Crippen molar-refractivity contribution in [3.63, 3.8) is 0 Å². The smallest absolute Gasteiger partial charge is 0.128 e. The molecule has 2 rings (SSSR count). The van der Waals surface area contributed by atoms with Crippen LogP contribution in [0, 0.1) is 0 Å². The molecule has 0 aromatic carbocycles. The quantitative estimate of drug-likeness (QED) is 0.842. The van der Waals surface area contributed by atoms with Crippen LogP contribution in [0.4, 0.5) is 5.82 Å². The Morgan fingerprint density at radius 1 is 1.25 bits per heavy atom. The van der Waals surface area contributed by atoms with Gasteiger partial charge in [-0.1, -0.05) is 37.3 Å². The van der Waals surface area contributed by atoms with Crippen LogP contribution in [0.2, 0.25) is 5.02 Å². The summed E-state index contributed by atoms with van der Waals surface area (Å²) in [5, 5.41) is 0.590. The number of pyridine rings is 1. The summed E-state index contributed by atoms with van der Waals surface area (Å²) in [5.74, 6) is 0.493. The molecule has 5 heteroatoms. The van der Waals surface area contributed by atoms with Gasteiger partial charge < -0.3 is 16.4 Å². The number of halogens is 1. The van der Waals surface area contributed by atoms with Crippen LogP contribution in [-0.2, 0) is 0 Å². The zero-order valence-corrected chi connectivity index (χ0v) is 13.2. The number of hydrogen-bond donors (Lipinski definition) is 2. The van der Waals surface area contributed by atoms with Crippen molar-refractivity contribution in [3.05, 3.63) is 22.8 Å². The van der Waals surface area contributed by atoms with E-state index in [1.165, 1.54) is 25.7 Å². The van der Waals surface area contributed by atoms with Crippen LogP contribution in [0.25, 0.3) is 0 Å². The van der Waals surface area contributed by atoms with E-state index in [0.29, 0.717) is 10.8 Å². The lowest BCUT2D eigenvalue weighted by Crippen LogP contribution is -2.52. The third-order valence-corrected chi connectivity index (χ3v) is 4.90. The summed E-state index contributed by atoms with van der Waals surface area (Å²) in [6.45, 7) is 0. The summed E-state index contributed by atoms with van der Waals surface area (Å²) in [5.41, 5.74) is 13.5. The largest absolute Gasteiger partial charge is 0.383 e. The summed E-state index contributed by atoms with van der Waals surface area (Å²) >= 11 is 6.07. The first-order valence-electron chi connectivity index (χ1n) is 7.31. The summed E-state index contributed by atoms with van der Waals surface area (Å²) in [4.78, 5) is 6.42. The highest BCUT2D eigenvalue weighted by Crippen LogP contribution is 2.41. The van der Waals surface area contributed by atoms with E-state index >= 15 is 0 Å². The van der Waals surface area contributed by atoms with Crippen molar-refractivity contribution < 1.29 is 0 Å². The molecular weight excluding hydrogens is 272 g/mol. The van der Waals surface area contributed by atoms with E-state index in [9.17, 15) is 0 Å². The average Bonchev–Trinajstić information content (AvgIpc) is 2.67. The molecule has 1 aliphatic carbocycles. The molecular formula is C15H25ClN4. The van der Waals surface area contributed by atoms with Crippen LogP contribution < -0.4 is 11.5 Å². The molecule has 0 saturated heterocycles. The van der Waals surface area contributed by atoms with Crippen molar-refractivity contribution in [1.82, 2.24) is 9.88 Å². The van der Waals surface area contributed by atoms with Crippen LogP contribution >= 0.6 is 11.6 Å². The van der Waals surface area contributed by atoms with E-state index in [2.05, 4.69) is 24.0 Å². The van der Waals surface area contributed by atoms with Gasteiger partial charge >= 0.3 is 0 Å². The van der Waals surface area contributed by atoms with Gasteiger partial charge in [-0.3, -0.25) is 0 Å². The third-order valence-electron chi connectivity index (χ3n) is 4.69. The molecule has 1 aromatic rings. The number of anilines is 1. The molecule has 0 aliphatic heterocycles. The number of aromatic nitrogens is 1. The van der Waals surface area contributed by atoms with Gasteiger partial charge in [-0.25, -0.2) is 4.98 Å². The normalized spacial score (nSPS) is 20.6. The Kier molecular flexibility index (Phi) is 4.89. The molecule has 1 unspecified atom stereocenters. The van der Waals surface area contributed by atoms with Gasteiger partial charge in [0.15, 0.2) is 0 Å². The SMILES string of the molecule is CN(C)C1(C(N)c2cc(Cl)cnc2N)CCCCCC1. The Morgan fingerprint density at radius 2 is 1.85 bits per heavy atom. The highest BCUT2D eigenvalue weighted by molar-refractivity contribution is 6.30. The van der Waals surface area contributed by atoms with Crippen molar-refractivity contribution in [2.75, 3.05) is 19.8 Å². The molecule has 1 atom stereocenters. The summed E-state index contributed by atoms with van der Waals surface area (Å²) in [6.07, 6.45) is 8.74. The van der Waals surface area contributed by atoms with E-state index in [-0.39, 0.29) is 11.6 Å². The molecule has 1 fully saturated rings. The van der Waals surface area contributed by atoms with Crippen molar-refractivity contribution in [2.24, 2.45) is 5.73 Å². The van der Waals surface area contributed by atoms with Crippen LogP contribution in [0.15, 0.2) is 12.3 Å². The third kappa shape index (κ3) is 2.92. The van der Waals surface area contributed by atoms with Gasteiger partial charge in [0.2, 0.25) is 0 Å². The predicted octanol–water partition coefficient (Wildman–Crippen LogP) is 2.97. The highest BCUT2D eigenvalue weighted by Gasteiger charge is 2.40. The minimum absolute atomic E-state index is 0.0585. The molecule has 1 aromatic heterocycles. The fourth-order valence-corrected chi connectivity index (χ4v) is 3.55. The number of nitrogens with two attached hydrogens (primary N) is 2. The summed E-state index contributed by atoms with van der Waals surface area (Å²) in [7, 11) is 4.22. The van der Waals surface area contributed by atoms with Crippen LogP contribution in [0.3, 0.4) is 0 Å². The Hall–Kier alpha value is -0.840. The lowest BCUT2D eigenvalue weighted by Gasteiger charge is -2.44. The van der Waals surface area contributed by atoms with Crippen molar-refractivity contribution >= 4 is 17.4 Å². The van der Waals surface area contributed by atoms with Crippen LogP contribution in [0.1, 0.15) is 50.1 Å². The lowest BCUT2D eigenvalue weighted by atomic mass is 9.78. The number of nitrogens with zero attached hydrogens (tertiary/aromatic N) is 2. The molecule has 112 valence electrons. The fraction of sp³-hybridized carbons (Fsp3) is 0.667. The van der Waals surface area contributed by atoms with Gasteiger partial charge in [-0.15, -0.1) is 0 Å². The number of hydrogen-bond acceptors (Lipinski definition) is 4. The molecule has 20 heavy (non-hydrogen) atoms. The second-order valence-electron chi connectivity index (χ2n) is 6.02. The zero-order chi connectivity index (χ0) is 14.8. The van der Waals surface area contributed by atoms with Gasteiger partial charge in [0.05, 0.1) is 11.1 Å². The Morgan fingerprint density at radius 3 is 2.40 bits per heavy atom. The summed E-state index contributed by atoms with van der Waals surface area (Å²) < 4.78 is 0. The molecule has 0 amide bonds. The van der Waals surface area contributed by atoms with Crippen LogP contribution in [-0.4, -0.2) is 29.5 Å². The predicted molar refractivity (Wildman–Crippen MR) is 84.7 cm³/mol. The van der Waals surface area contributed by atoms with E-state index in [4.69, 9.17) is 23.1 Å². The Bertz CT molecular complexity index is 453. The standard InChI is InChI=1S/C15H25ClN4/c1-20(2)15(7-5-3-4-6-8-15)13(17)12-9-11(16)10-19-14(12)18/h9-10,13H,3-8,17H2,1-2H3,(H2,18,19).